The maximum absolute atomic E-state index is 10.5. The minimum absolute atomic E-state index is 0.190. The topological polar surface area (TPSA) is 356 Å². The largest absolute Gasteiger partial charge is 0.503 e. The number of rotatable bonds is 8. The standard InChI is InChI=1S/4C8H6O4.CH2O3/c4*9-7(10)5-3-1-2-4-6(5)8(11)12;2-1(3)4/h4*1-4H,(H,9,10)(H,11,12);(H2,2,3,4). The average Bonchev–Trinajstić information content (AvgIpc) is 3.08. The summed E-state index contributed by atoms with van der Waals surface area (Å²) in [5, 5.41) is 82.4. The lowest BCUT2D eigenvalue weighted by atomic mass is 10.1. The highest BCUT2D eigenvalue weighted by molar-refractivity contribution is 6.03. The van der Waals surface area contributed by atoms with Gasteiger partial charge in [-0.15, -0.1) is 0 Å². The van der Waals surface area contributed by atoms with Crippen LogP contribution in [-0.4, -0.2) is 105 Å². The quantitative estimate of drug-likeness (QED) is 0.119. The van der Waals surface area contributed by atoms with Crippen LogP contribution in [0.3, 0.4) is 0 Å². The Kier molecular flexibility index (Phi) is 18.3. The highest BCUT2D eigenvalue weighted by Gasteiger charge is 2.16. The zero-order chi connectivity index (χ0) is 40.1. The van der Waals surface area contributed by atoms with E-state index >= 15 is 0 Å². The number of benzene rings is 4. The van der Waals surface area contributed by atoms with Gasteiger partial charge in [0.25, 0.3) is 0 Å². The van der Waals surface area contributed by atoms with Gasteiger partial charge in [-0.05, 0) is 48.5 Å². The van der Waals surface area contributed by atoms with Gasteiger partial charge >= 0.3 is 53.9 Å². The van der Waals surface area contributed by atoms with Crippen molar-refractivity contribution in [2.75, 3.05) is 0 Å². The zero-order valence-electron chi connectivity index (χ0n) is 25.9. The lowest BCUT2D eigenvalue weighted by Gasteiger charge is -1.98. The number of carbonyl (C=O) groups is 9. The van der Waals surface area contributed by atoms with Gasteiger partial charge in [0, 0.05) is 0 Å². The van der Waals surface area contributed by atoms with Gasteiger partial charge in [-0.3, -0.25) is 0 Å². The highest BCUT2D eigenvalue weighted by Crippen LogP contribution is 2.10. The predicted octanol–water partition coefficient (Wildman–Crippen LogP) is 4.55. The van der Waals surface area contributed by atoms with E-state index in [1.807, 2.05) is 0 Å². The van der Waals surface area contributed by atoms with Gasteiger partial charge in [-0.25, -0.2) is 43.2 Å². The van der Waals surface area contributed by atoms with Crippen LogP contribution in [0, 0.1) is 0 Å². The molecule has 19 heteroatoms. The lowest BCUT2D eigenvalue weighted by Crippen LogP contribution is -2.06. The summed E-state index contributed by atoms with van der Waals surface area (Å²) in [6, 6.07) is 21.9. The molecule has 0 aromatic heterocycles. The van der Waals surface area contributed by atoms with Crippen molar-refractivity contribution >= 4 is 53.9 Å². The first kappa shape index (κ1) is 43.9. The fourth-order valence-electron chi connectivity index (χ4n) is 3.42. The normalized spacial score (nSPS) is 9.08. The average molecular weight is 727 g/mol. The van der Waals surface area contributed by atoms with Crippen LogP contribution in [-0.2, 0) is 0 Å². The Bertz CT molecular complexity index is 1560. The molecule has 0 heterocycles. The third-order valence-electron chi connectivity index (χ3n) is 5.55. The summed E-state index contributed by atoms with van der Waals surface area (Å²) in [5.74, 6) is -9.83. The van der Waals surface area contributed by atoms with Crippen LogP contribution in [0.15, 0.2) is 97.1 Å². The van der Waals surface area contributed by atoms with Crippen LogP contribution < -0.4 is 0 Å². The van der Waals surface area contributed by atoms with E-state index in [1.165, 1.54) is 97.1 Å². The summed E-state index contributed by atoms with van der Waals surface area (Å²) in [6.45, 7) is 0. The maximum atomic E-state index is 10.5. The maximum Gasteiger partial charge on any atom is 0.503 e. The predicted molar refractivity (Wildman–Crippen MR) is 172 cm³/mol. The molecule has 4 aromatic rings. The van der Waals surface area contributed by atoms with Crippen molar-refractivity contribution in [3.63, 3.8) is 0 Å². The molecule has 4 rings (SSSR count). The van der Waals surface area contributed by atoms with Crippen molar-refractivity contribution in [1.82, 2.24) is 0 Å². The second-order valence-corrected chi connectivity index (χ2v) is 8.91. The van der Waals surface area contributed by atoms with Crippen molar-refractivity contribution in [2.24, 2.45) is 0 Å². The van der Waals surface area contributed by atoms with E-state index in [1.54, 1.807) is 0 Å². The van der Waals surface area contributed by atoms with Crippen LogP contribution in [0.4, 0.5) is 4.79 Å². The van der Waals surface area contributed by atoms with Crippen molar-refractivity contribution in [1.29, 1.82) is 0 Å². The monoisotopic (exact) mass is 726 g/mol. The molecule has 0 saturated heterocycles. The molecule has 0 unspecified atom stereocenters. The Morgan fingerprint density at radius 2 is 0.308 bits per heavy atom. The molecule has 0 bridgehead atoms. The Morgan fingerprint density at radius 3 is 0.365 bits per heavy atom. The molecule has 0 saturated carbocycles. The van der Waals surface area contributed by atoms with Crippen LogP contribution in [0.25, 0.3) is 0 Å². The van der Waals surface area contributed by atoms with E-state index < -0.39 is 53.9 Å². The third-order valence-corrected chi connectivity index (χ3v) is 5.55. The molecule has 0 atom stereocenters. The van der Waals surface area contributed by atoms with E-state index in [2.05, 4.69) is 0 Å². The molecular formula is C33H26O19. The van der Waals surface area contributed by atoms with Crippen LogP contribution in [0.2, 0.25) is 0 Å². The van der Waals surface area contributed by atoms with Gasteiger partial charge in [0.2, 0.25) is 0 Å². The molecule has 0 amide bonds. The van der Waals surface area contributed by atoms with Gasteiger partial charge in [-0.2, -0.15) is 0 Å². The Morgan fingerprint density at radius 1 is 0.231 bits per heavy atom. The number of hydrogen-bond donors (Lipinski definition) is 10. The number of aromatic carboxylic acids is 8. The minimum Gasteiger partial charge on any atom is -0.478 e. The first-order valence-electron chi connectivity index (χ1n) is 13.4. The third kappa shape index (κ3) is 15.2. The van der Waals surface area contributed by atoms with E-state index in [4.69, 9.17) is 55.9 Å². The molecule has 0 aliphatic heterocycles. The van der Waals surface area contributed by atoms with Gasteiger partial charge in [0.1, 0.15) is 0 Å². The Labute approximate surface area is 289 Å². The van der Waals surface area contributed by atoms with Crippen LogP contribution in [0.5, 0.6) is 0 Å². The fourth-order valence-corrected chi connectivity index (χ4v) is 3.42. The zero-order valence-corrected chi connectivity index (χ0v) is 25.9. The highest BCUT2D eigenvalue weighted by atomic mass is 16.6. The molecule has 0 spiro atoms. The number of carboxylic acid groups (broad SMARTS) is 10. The second kappa shape index (κ2) is 21.7. The van der Waals surface area contributed by atoms with Gasteiger partial charge in [-0.1, -0.05) is 48.5 Å². The van der Waals surface area contributed by atoms with E-state index in [0.29, 0.717) is 0 Å². The summed E-state index contributed by atoms with van der Waals surface area (Å²) in [4.78, 5) is 92.3. The van der Waals surface area contributed by atoms with Crippen molar-refractivity contribution in [2.45, 2.75) is 0 Å². The van der Waals surface area contributed by atoms with Crippen molar-refractivity contribution in [3.8, 4) is 0 Å². The van der Waals surface area contributed by atoms with Gasteiger partial charge in [0.05, 0.1) is 44.5 Å². The molecule has 19 nitrogen and oxygen atoms in total. The van der Waals surface area contributed by atoms with E-state index in [-0.39, 0.29) is 44.5 Å². The summed E-state index contributed by atoms with van der Waals surface area (Å²) < 4.78 is 0. The number of carboxylic acids is 8. The Hall–Kier alpha value is -8.09. The van der Waals surface area contributed by atoms with E-state index in [9.17, 15) is 38.4 Å². The minimum atomic E-state index is -1.83. The smallest absolute Gasteiger partial charge is 0.478 e. The van der Waals surface area contributed by atoms with Crippen LogP contribution in [0.1, 0.15) is 82.9 Å². The Balaban J connectivity index is 0.000000644. The second-order valence-electron chi connectivity index (χ2n) is 8.91. The summed E-state index contributed by atoms with van der Waals surface area (Å²) >= 11 is 0. The molecule has 0 aliphatic rings. The van der Waals surface area contributed by atoms with Crippen molar-refractivity contribution in [3.05, 3.63) is 142 Å². The van der Waals surface area contributed by atoms with E-state index in [0.717, 1.165) is 0 Å². The molecule has 0 radical (unpaired) electrons. The molecule has 0 fully saturated rings. The van der Waals surface area contributed by atoms with Gasteiger partial charge in [0.15, 0.2) is 0 Å². The first-order chi connectivity index (χ1) is 24.2. The summed E-state index contributed by atoms with van der Waals surface area (Å²) in [7, 11) is 0. The fraction of sp³-hybridized carbons (Fsp3) is 0. The van der Waals surface area contributed by atoms with Crippen LogP contribution >= 0.6 is 0 Å². The molecule has 10 N–H and O–H groups in total. The number of hydrogen-bond acceptors (Lipinski definition) is 9. The summed E-state index contributed by atoms with van der Waals surface area (Å²) in [6.07, 6.45) is -1.83. The molecule has 4 aromatic carbocycles. The summed E-state index contributed by atoms with van der Waals surface area (Å²) in [5.41, 5.74) is -1.52. The molecule has 0 aliphatic carbocycles. The first-order valence-corrected chi connectivity index (χ1v) is 13.4. The van der Waals surface area contributed by atoms with Gasteiger partial charge < -0.3 is 51.1 Å². The molecule has 52 heavy (non-hydrogen) atoms. The SMILES string of the molecule is O=C(O)O.O=C(O)c1ccccc1C(=O)O.O=C(O)c1ccccc1C(=O)O.O=C(O)c1ccccc1C(=O)O.O=C(O)c1ccccc1C(=O)O. The molecular weight excluding hydrogens is 700 g/mol. The lowest BCUT2D eigenvalue weighted by molar-refractivity contribution is 0.0651. The molecule has 272 valence electrons. The van der Waals surface area contributed by atoms with Crippen molar-refractivity contribution < 1.29 is 94.2 Å².